The molecule has 0 spiro atoms. The maximum absolute atomic E-state index is 12.2. The molecular weight excluding hydrogens is 258 g/mol. The van der Waals surface area contributed by atoms with Crippen molar-refractivity contribution in [2.24, 2.45) is 16.5 Å². The van der Waals surface area contributed by atoms with Crippen molar-refractivity contribution < 1.29 is 9.59 Å². The molecule has 7 nitrogen and oxygen atoms in total. The van der Waals surface area contributed by atoms with E-state index in [2.05, 4.69) is 15.2 Å². The van der Waals surface area contributed by atoms with E-state index in [-0.39, 0.29) is 29.7 Å². The van der Waals surface area contributed by atoms with E-state index in [0.717, 1.165) is 25.8 Å². The first-order valence-electron chi connectivity index (χ1n) is 7.20. The summed E-state index contributed by atoms with van der Waals surface area (Å²) in [7, 11) is 0. The zero-order chi connectivity index (χ0) is 14.5. The summed E-state index contributed by atoms with van der Waals surface area (Å²) in [4.78, 5) is 30.1. The van der Waals surface area contributed by atoms with Crippen molar-refractivity contribution in [2.45, 2.75) is 44.2 Å². The Morgan fingerprint density at radius 2 is 2.15 bits per heavy atom. The highest BCUT2D eigenvalue weighted by Crippen LogP contribution is 2.19. The molecular formula is C13H23N5O2. The lowest BCUT2D eigenvalue weighted by atomic mass is 9.96. The number of hydrogen-bond acceptors (Lipinski definition) is 4. The van der Waals surface area contributed by atoms with Crippen LogP contribution in [0, 0.1) is 0 Å². The summed E-state index contributed by atoms with van der Waals surface area (Å²) in [6, 6.07) is -0.483. The van der Waals surface area contributed by atoms with Gasteiger partial charge in [-0.1, -0.05) is 0 Å². The van der Waals surface area contributed by atoms with Crippen LogP contribution in [0.4, 0.5) is 0 Å². The monoisotopic (exact) mass is 281 g/mol. The van der Waals surface area contributed by atoms with Crippen molar-refractivity contribution in [3.8, 4) is 0 Å². The minimum atomic E-state index is -0.322. The largest absolute Gasteiger partial charge is 0.370 e. The highest BCUT2D eigenvalue weighted by Gasteiger charge is 2.37. The molecule has 2 bridgehead atoms. The van der Waals surface area contributed by atoms with Crippen LogP contribution in [0.1, 0.15) is 32.1 Å². The highest BCUT2D eigenvalue weighted by atomic mass is 16.2. The van der Waals surface area contributed by atoms with Crippen LogP contribution in [0.2, 0.25) is 0 Å². The Balaban J connectivity index is 1.93. The Labute approximate surface area is 118 Å². The Bertz CT molecular complexity index is 406. The molecule has 0 aromatic heterocycles. The van der Waals surface area contributed by atoms with Crippen molar-refractivity contribution in [3.05, 3.63) is 0 Å². The molecule has 112 valence electrons. The SMILES string of the molecule is NC(N)=NCCC[C@@H]1C(=O)NC2CN1CCCCC2=O. The maximum Gasteiger partial charge on any atom is 0.237 e. The van der Waals surface area contributed by atoms with Gasteiger partial charge in [0.15, 0.2) is 11.7 Å². The van der Waals surface area contributed by atoms with E-state index in [1.165, 1.54) is 0 Å². The number of nitrogens with two attached hydrogens (primary N) is 2. The fourth-order valence-corrected chi connectivity index (χ4v) is 2.87. The summed E-state index contributed by atoms with van der Waals surface area (Å²) < 4.78 is 0. The fraction of sp³-hybridized carbons (Fsp3) is 0.769. The summed E-state index contributed by atoms with van der Waals surface area (Å²) in [5.74, 6) is 0.193. The molecule has 1 amide bonds. The van der Waals surface area contributed by atoms with Crippen LogP contribution < -0.4 is 16.8 Å². The fourth-order valence-electron chi connectivity index (χ4n) is 2.87. The summed E-state index contributed by atoms with van der Waals surface area (Å²) in [6.07, 6.45) is 3.92. The van der Waals surface area contributed by atoms with Crippen molar-refractivity contribution in [1.82, 2.24) is 10.2 Å². The van der Waals surface area contributed by atoms with Crippen molar-refractivity contribution >= 4 is 17.6 Å². The number of aliphatic imine (C=N–C) groups is 1. The lowest BCUT2D eigenvalue weighted by Crippen LogP contribution is -2.62. The molecule has 7 heteroatoms. The van der Waals surface area contributed by atoms with Gasteiger partial charge in [0.2, 0.25) is 5.91 Å². The zero-order valence-electron chi connectivity index (χ0n) is 11.7. The second-order valence-electron chi connectivity index (χ2n) is 5.44. The topological polar surface area (TPSA) is 114 Å². The predicted octanol–water partition coefficient (Wildman–Crippen LogP) is -1.04. The van der Waals surface area contributed by atoms with Gasteiger partial charge in [0, 0.05) is 19.5 Å². The van der Waals surface area contributed by atoms with E-state index in [1.54, 1.807) is 0 Å². The second-order valence-corrected chi connectivity index (χ2v) is 5.44. The Kier molecular flexibility index (Phi) is 4.94. The Hall–Kier alpha value is -1.63. The summed E-state index contributed by atoms with van der Waals surface area (Å²) in [5.41, 5.74) is 10.5. The molecule has 3 atom stereocenters. The van der Waals surface area contributed by atoms with Gasteiger partial charge in [0.1, 0.15) is 6.04 Å². The molecule has 2 aliphatic heterocycles. The van der Waals surface area contributed by atoms with E-state index in [1.807, 2.05) is 0 Å². The van der Waals surface area contributed by atoms with E-state index in [0.29, 0.717) is 25.9 Å². The minimum absolute atomic E-state index is 0.0406. The first kappa shape index (κ1) is 14.8. The van der Waals surface area contributed by atoms with Crippen LogP contribution in [0.25, 0.3) is 0 Å². The number of hydrogen-bond donors (Lipinski definition) is 3. The minimum Gasteiger partial charge on any atom is -0.370 e. The molecule has 2 rings (SSSR count). The van der Waals surface area contributed by atoms with E-state index < -0.39 is 0 Å². The maximum atomic E-state index is 12.2. The zero-order valence-corrected chi connectivity index (χ0v) is 11.7. The molecule has 2 heterocycles. The van der Waals surface area contributed by atoms with Gasteiger partial charge in [-0.05, 0) is 32.2 Å². The number of Topliss-reactive ketones (excluding diaryl/α,β-unsaturated/α-hetero) is 1. The molecule has 2 unspecified atom stereocenters. The van der Waals surface area contributed by atoms with E-state index in [4.69, 9.17) is 11.5 Å². The Morgan fingerprint density at radius 1 is 1.35 bits per heavy atom. The van der Waals surface area contributed by atoms with Gasteiger partial charge in [-0.25, -0.2) is 0 Å². The standard InChI is InChI=1S/C13H23N5O2/c14-13(15)16-6-3-4-10-12(20)17-9-8-18(10)7-2-1-5-11(9)19/h9-10H,1-8H2,(H,17,20)(H4,14,15,16)/t9?,10-/m1/s1. The molecule has 0 radical (unpaired) electrons. The van der Waals surface area contributed by atoms with Gasteiger partial charge in [0.25, 0.3) is 0 Å². The number of ketones is 1. The lowest BCUT2D eigenvalue weighted by molar-refractivity contribution is -0.137. The normalized spacial score (nSPS) is 30.1. The first-order valence-corrected chi connectivity index (χ1v) is 7.20. The highest BCUT2D eigenvalue weighted by molar-refractivity contribution is 5.92. The van der Waals surface area contributed by atoms with Crippen molar-refractivity contribution in [2.75, 3.05) is 19.6 Å². The van der Waals surface area contributed by atoms with E-state index >= 15 is 0 Å². The molecule has 2 saturated heterocycles. The van der Waals surface area contributed by atoms with Gasteiger partial charge in [-0.2, -0.15) is 0 Å². The summed E-state index contributed by atoms with van der Waals surface area (Å²) >= 11 is 0. The molecule has 0 aromatic carbocycles. The van der Waals surface area contributed by atoms with Crippen LogP contribution in [0.5, 0.6) is 0 Å². The third-order valence-corrected chi connectivity index (χ3v) is 3.91. The van der Waals surface area contributed by atoms with Crippen LogP contribution in [0.3, 0.4) is 0 Å². The molecule has 2 fully saturated rings. The number of nitrogens with zero attached hydrogens (tertiary/aromatic N) is 2. The molecule has 0 saturated carbocycles. The number of fused-ring (bicyclic) bond motifs is 2. The van der Waals surface area contributed by atoms with Crippen LogP contribution in [-0.4, -0.2) is 54.3 Å². The van der Waals surface area contributed by atoms with Crippen molar-refractivity contribution in [1.29, 1.82) is 0 Å². The summed E-state index contributed by atoms with van der Waals surface area (Å²) in [6.45, 7) is 2.05. The third kappa shape index (κ3) is 3.69. The first-order chi connectivity index (χ1) is 9.58. The van der Waals surface area contributed by atoms with Crippen molar-refractivity contribution in [3.63, 3.8) is 0 Å². The predicted molar refractivity (Wildman–Crippen MR) is 76.1 cm³/mol. The van der Waals surface area contributed by atoms with E-state index in [9.17, 15) is 9.59 Å². The molecule has 2 aliphatic rings. The summed E-state index contributed by atoms with van der Waals surface area (Å²) in [5, 5.41) is 2.85. The Morgan fingerprint density at radius 3 is 2.90 bits per heavy atom. The number of carbonyl (C=O) groups excluding carboxylic acids is 2. The molecule has 5 N–H and O–H groups in total. The number of amides is 1. The molecule has 0 aliphatic carbocycles. The number of carbonyl (C=O) groups is 2. The van der Waals surface area contributed by atoms with Crippen LogP contribution >= 0.6 is 0 Å². The molecule has 0 aromatic rings. The van der Waals surface area contributed by atoms with Gasteiger partial charge in [0.05, 0.1) is 6.04 Å². The van der Waals surface area contributed by atoms with Gasteiger partial charge in [-0.15, -0.1) is 0 Å². The third-order valence-electron chi connectivity index (χ3n) is 3.91. The second kappa shape index (κ2) is 6.69. The van der Waals surface area contributed by atoms with Crippen LogP contribution in [-0.2, 0) is 9.59 Å². The smallest absolute Gasteiger partial charge is 0.237 e. The number of guanidine groups is 1. The van der Waals surface area contributed by atoms with Gasteiger partial charge in [-0.3, -0.25) is 19.5 Å². The number of nitrogens with one attached hydrogen (secondary N) is 1. The average molecular weight is 281 g/mol. The van der Waals surface area contributed by atoms with Crippen LogP contribution in [0.15, 0.2) is 4.99 Å². The number of piperazine rings is 1. The van der Waals surface area contributed by atoms with Gasteiger partial charge >= 0.3 is 0 Å². The average Bonchev–Trinajstić information content (AvgIpc) is 2.39. The number of rotatable bonds is 4. The van der Waals surface area contributed by atoms with Gasteiger partial charge < -0.3 is 16.8 Å². The lowest BCUT2D eigenvalue weighted by Gasteiger charge is -2.40. The molecule has 20 heavy (non-hydrogen) atoms. The quantitative estimate of drug-likeness (QED) is 0.346.